The number of benzene rings is 1. The number of hydrogen-bond acceptors (Lipinski definition) is 3. The lowest BCUT2D eigenvalue weighted by Crippen LogP contribution is -2.01. The van der Waals surface area contributed by atoms with Crippen LogP contribution in [0, 0.1) is 11.7 Å². The first-order chi connectivity index (χ1) is 9.95. The molecule has 0 radical (unpaired) electrons. The Bertz CT molecular complexity index is 801. The molecule has 0 bridgehead atoms. The van der Waals surface area contributed by atoms with Crippen molar-refractivity contribution >= 4 is 27.2 Å². The number of aryl methyl sites for hydroxylation is 1. The Morgan fingerprint density at radius 2 is 2.10 bits per heavy atom. The fraction of sp³-hybridized carbons (Fsp3) is 0.312. The summed E-state index contributed by atoms with van der Waals surface area (Å²) in [5.74, 6) is 1.00. The Labute approximate surface area is 127 Å². The second-order valence-electron chi connectivity index (χ2n) is 5.73. The van der Waals surface area contributed by atoms with E-state index in [9.17, 15) is 4.39 Å². The van der Waals surface area contributed by atoms with E-state index in [1.807, 2.05) is 7.05 Å². The average Bonchev–Trinajstić information content (AvgIpc) is 2.94. The number of thiophene rings is 1. The molecule has 1 aromatic carbocycles. The van der Waals surface area contributed by atoms with Gasteiger partial charge in [-0.05, 0) is 35.9 Å². The van der Waals surface area contributed by atoms with Gasteiger partial charge in [0.05, 0.1) is 4.88 Å². The molecular weight excluding hydrogens is 285 g/mol. The Morgan fingerprint density at radius 1 is 1.33 bits per heavy atom. The lowest BCUT2D eigenvalue weighted by molar-refractivity contribution is 0.630. The van der Waals surface area contributed by atoms with Gasteiger partial charge in [-0.3, -0.25) is 4.68 Å². The third-order valence-electron chi connectivity index (χ3n) is 3.52. The highest BCUT2D eigenvalue weighted by atomic mass is 32.1. The summed E-state index contributed by atoms with van der Waals surface area (Å²) in [5, 5.41) is 5.60. The van der Waals surface area contributed by atoms with Gasteiger partial charge in [-0.1, -0.05) is 19.9 Å². The Hall–Kier alpha value is -1.88. The van der Waals surface area contributed by atoms with Crippen molar-refractivity contribution in [1.82, 2.24) is 9.78 Å². The Kier molecular flexibility index (Phi) is 3.45. The smallest absolute Gasteiger partial charge is 0.125 e. The molecular formula is C16H18FN3S. The van der Waals surface area contributed by atoms with Crippen LogP contribution in [-0.2, 0) is 13.5 Å². The van der Waals surface area contributed by atoms with Gasteiger partial charge < -0.3 is 5.73 Å². The molecule has 0 amide bonds. The number of halogens is 1. The minimum atomic E-state index is -0.209. The second kappa shape index (κ2) is 5.15. The second-order valence-corrected chi connectivity index (χ2v) is 6.81. The molecule has 21 heavy (non-hydrogen) atoms. The van der Waals surface area contributed by atoms with E-state index in [2.05, 4.69) is 25.0 Å². The van der Waals surface area contributed by atoms with Gasteiger partial charge in [-0.25, -0.2) is 4.39 Å². The van der Waals surface area contributed by atoms with Crippen LogP contribution in [0.5, 0.6) is 0 Å². The van der Waals surface area contributed by atoms with Crippen molar-refractivity contribution in [2.45, 2.75) is 20.3 Å². The third kappa shape index (κ3) is 2.53. The van der Waals surface area contributed by atoms with E-state index in [0.717, 1.165) is 32.6 Å². The molecule has 0 atom stereocenters. The van der Waals surface area contributed by atoms with E-state index in [1.165, 1.54) is 6.07 Å². The quantitative estimate of drug-likeness (QED) is 0.787. The highest BCUT2D eigenvalue weighted by Gasteiger charge is 2.18. The molecule has 0 aliphatic carbocycles. The van der Waals surface area contributed by atoms with Crippen LogP contribution in [0.4, 0.5) is 10.2 Å². The zero-order valence-corrected chi connectivity index (χ0v) is 13.2. The van der Waals surface area contributed by atoms with E-state index in [-0.39, 0.29) is 5.82 Å². The molecule has 2 heterocycles. The Morgan fingerprint density at radius 3 is 2.81 bits per heavy atom. The van der Waals surface area contributed by atoms with E-state index in [4.69, 9.17) is 5.73 Å². The van der Waals surface area contributed by atoms with Gasteiger partial charge in [0.2, 0.25) is 0 Å². The molecule has 110 valence electrons. The van der Waals surface area contributed by atoms with Crippen molar-refractivity contribution in [3.05, 3.63) is 35.6 Å². The zero-order valence-electron chi connectivity index (χ0n) is 12.4. The molecule has 0 aliphatic heterocycles. The predicted molar refractivity (Wildman–Crippen MR) is 86.9 cm³/mol. The number of aromatic nitrogens is 2. The van der Waals surface area contributed by atoms with Crippen molar-refractivity contribution < 1.29 is 4.39 Å². The summed E-state index contributed by atoms with van der Waals surface area (Å²) in [4.78, 5) is 1.04. The lowest BCUT2D eigenvalue weighted by atomic mass is 10.0. The molecule has 3 nitrogen and oxygen atoms in total. The largest absolute Gasteiger partial charge is 0.384 e. The van der Waals surface area contributed by atoms with E-state index < -0.39 is 0 Å². The molecule has 0 saturated carbocycles. The van der Waals surface area contributed by atoms with Gasteiger partial charge in [0, 0.05) is 17.3 Å². The van der Waals surface area contributed by atoms with Gasteiger partial charge in [-0.15, -0.1) is 11.3 Å². The van der Waals surface area contributed by atoms with Gasteiger partial charge in [0.15, 0.2) is 0 Å². The summed E-state index contributed by atoms with van der Waals surface area (Å²) in [6.07, 6.45) is 0.887. The summed E-state index contributed by atoms with van der Waals surface area (Å²) < 4.78 is 16.0. The van der Waals surface area contributed by atoms with Crippen molar-refractivity contribution in [3.8, 4) is 10.6 Å². The van der Waals surface area contributed by atoms with Crippen LogP contribution in [0.3, 0.4) is 0 Å². The minimum absolute atomic E-state index is 0.209. The van der Waals surface area contributed by atoms with Crippen LogP contribution >= 0.6 is 11.3 Å². The third-order valence-corrected chi connectivity index (χ3v) is 4.63. The molecule has 0 saturated heterocycles. The molecule has 3 aromatic rings. The molecule has 3 rings (SSSR count). The minimum Gasteiger partial charge on any atom is -0.384 e. The number of nitrogen functional groups attached to an aromatic ring is 1. The highest BCUT2D eigenvalue weighted by Crippen LogP contribution is 2.37. The highest BCUT2D eigenvalue weighted by molar-refractivity contribution is 7.22. The topological polar surface area (TPSA) is 43.8 Å². The maximum atomic E-state index is 13.3. The van der Waals surface area contributed by atoms with Crippen molar-refractivity contribution in [2.24, 2.45) is 13.0 Å². The van der Waals surface area contributed by atoms with Gasteiger partial charge in [0.1, 0.15) is 17.3 Å². The van der Waals surface area contributed by atoms with Crippen LogP contribution < -0.4 is 5.73 Å². The maximum Gasteiger partial charge on any atom is 0.125 e. The number of nitrogens with two attached hydrogens (primary N) is 1. The van der Waals surface area contributed by atoms with Crippen LogP contribution in [0.25, 0.3) is 20.7 Å². The number of rotatable bonds is 3. The summed E-state index contributed by atoms with van der Waals surface area (Å²) >= 11 is 1.56. The summed E-state index contributed by atoms with van der Waals surface area (Å²) in [6, 6.07) is 6.92. The van der Waals surface area contributed by atoms with Crippen LogP contribution in [0.15, 0.2) is 24.3 Å². The molecule has 0 unspecified atom stereocenters. The SMILES string of the molecule is CC(C)Cc1c(-c2cc3ccc(F)cc3s2)nn(C)c1N. The van der Waals surface area contributed by atoms with Crippen molar-refractivity contribution in [3.63, 3.8) is 0 Å². The zero-order chi connectivity index (χ0) is 15.1. The standard InChI is InChI=1S/C16H18FN3S/c1-9(2)6-12-15(19-20(3)16(12)18)14-7-10-4-5-11(17)8-13(10)21-14/h4-5,7-9H,6,18H2,1-3H3. The molecule has 0 fully saturated rings. The average molecular weight is 303 g/mol. The van der Waals surface area contributed by atoms with Crippen LogP contribution in [-0.4, -0.2) is 9.78 Å². The van der Waals surface area contributed by atoms with Gasteiger partial charge in [-0.2, -0.15) is 5.10 Å². The number of hydrogen-bond donors (Lipinski definition) is 1. The van der Waals surface area contributed by atoms with Gasteiger partial charge >= 0.3 is 0 Å². The normalized spacial score (nSPS) is 11.7. The summed E-state index contributed by atoms with van der Waals surface area (Å²) in [7, 11) is 1.86. The fourth-order valence-electron chi connectivity index (χ4n) is 2.51. The van der Waals surface area contributed by atoms with Crippen molar-refractivity contribution in [2.75, 3.05) is 5.73 Å². The van der Waals surface area contributed by atoms with E-state index in [1.54, 1.807) is 28.2 Å². The molecule has 2 aromatic heterocycles. The summed E-state index contributed by atoms with van der Waals surface area (Å²) in [5.41, 5.74) is 8.16. The molecule has 0 aliphatic rings. The first-order valence-electron chi connectivity index (χ1n) is 6.96. The monoisotopic (exact) mass is 303 g/mol. The number of nitrogens with zero attached hydrogens (tertiary/aromatic N) is 2. The van der Waals surface area contributed by atoms with Crippen molar-refractivity contribution in [1.29, 1.82) is 0 Å². The molecule has 0 spiro atoms. The number of fused-ring (bicyclic) bond motifs is 1. The maximum absolute atomic E-state index is 13.3. The first-order valence-corrected chi connectivity index (χ1v) is 7.78. The van der Waals surface area contributed by atoms with Crippen LogP contribution in [0.1, 0.15) is 19.4 Å². The number of anilines is 1. The molecule has 2 N–H and O–H groups in total. The summed E-state index contributed by atoms with van der Waals surface area (Å²) in [6.45, 7) is 4.33. The lowest BCUT2D eigenvalue weighted by Gasteiger charge is -2.05. The predicted octanol–water partition coefficient (Wildman–Crippen LogP) is 4.22. The van der Waals surface area contributed by atoms with E-state index in [0.29, 0.717) is 11.7 Å². The fourth-order valence-corrected chi connectivity index (χ4v) is 3.61. The first kappa shape index (κ1) is 14.1. The Balaban J connectivity index is 2.15. The van der Waals surface area contributed by atoms with E-state index >= 15 is 0 Å². The van der Waals surface area contributed by atoms with Gasteiger partial charge in [0.25, 0.3) is 0 Å². The molecule has 5 heteroatoms. The van der Waals surface area contributed by atoms with Crippen LogP contribution in [0.2, 0.25) is 0 Å².